The van der Waals surface area contributed by atoms with Gasteiger partial charge in [-0.2, -0.15) is 0 Å². The van der Waals surface area contributed by atoms with E-state index < -0.39 is 0 Å². The third-order valence-electron chi connectivity index (χ3n) is 1.97. The number of carbonyl (C=O) groups is 1. The van der Waals surface area contributed by atoms with Gasteiger partial charge in [-0.1, -0.05) is 35.8 Å². The summed E-state index contributed by atoms with van der Waals surface area (Å²) in [5, 5.41) is 3.84. The molecule has 0 aliphatic heterocycles. The van der Waals surface area contributed by atoms with Crippen LogP contribution >= 0.6 is 23.2 Å². The Labute approximate surface area is 98.9 Å². The second kappa shape index (κ2) is 5.19. The summed E-state index contributed by atoms with van der Waals surface area (Å²) in [4.78, 5) is 11.1. The fourth-order valence-electron chi connectivity index (χ4n) is 1.20. The molecule has 80 valence electrons. The van der Waals surface area contributed by atoms with E-state index in [0.717, 1.165) is 5.56 Å². The van der Waals surface area contributed by atoms with Gasteiger partial charge in [0.05, 0.1) is 6.04 Å². The number of benzene rings is 1. The molecule has 0 radical (unpaired) electrons. The molecule has 1 atom stereocenters. The molecule has 1 aromatic rings. The molecule has 4 heteroatoms. The smallest absolute Gasteiger partial charge is 0.243 e. The molecule has 0 heterocycles. The molecule has 1 amide bonds. The monoisotopic (exact) mass is 243 g/mol. The first kappa shape index (κ1) is 12.1. The fraction of sp³-hybridized carbons (Fsp3) is 0.182. The second-order valence-corrected chi connectivity index (χ2v) is 3.94. The summed E-state index contributed by atoms with van der Waals surface area (Å²) in [6, 6.07) is 5.01. The third-order valence-corrected chi connectivity index (χ3v) is 2.54. The van der Waals surface area contributed by atoms with Gasteiger partial charge in [-0.25, -0.2) is 0 Å². The highest BCUT2D eigenvalue weighted by molar-refractivity contribution is 6.35. The summed E-state index contributed by atoms with van der Waals surface area (Å²) in [6.45, 7) is 5.22. The second-order valence-electron chi connectivity index (χ2n) is 3.10. The third kappa shape index (κ3) is 3.26. The van der Waals surface area contributed by atoms with Gasteiger partial charge in [-0.15, -0.1) is 0 Å². The molecule has 0 aliphatic rings. The Morgan fingerprint density at radius 1 is 1.53 bits per heavy atom. The molecule has 0 saturated carbocycles. The van der Waals surface area contributed by atoms with Crippen LogP contribution in [0.1, 0.15) is 18.5 Å². The Morgan fingerprint density at radius 2 is 2.20 bits per heavy atom. The zero-order valence-electron chi connectivity index (χ0n) is 8.26. The highest BCUT2D eigenvalue weighted by atomic mass is 35.5. The lowest BCUT2D eigenvalue weighted by molar-refractivity contribution is -0.117. The van der Waals surface area contributed by atoms with Gasteiger partial charge < -0.3 is 5.32 Å². The zero-order chi connectivity index (χ0) is 11.4. The minimum absolute atomic E-state index is 0.166. The van der Waals surface area contributed by atoms with E-state index in [9.17, 15) is 4.79 Å². The first-order valence-corrected chi connectivity index (χ1v) is 5.18. The molecule has 1 N–H and O–H groups in total. The van der Waals surface area contributed by atoms with Crippen LogP contribution in [0.2, 0.25) is 10.0 Å². The lowest BCUT2D eigenvalue weighted by Crippen LogP contribution is -2.24. The minimum Gasteiger partial charge on any atom is -0.346 e. The van der Waals surface area contributed by atoms with Crippen LogP contribution < -0.4 is 5.32 Å². The SMILES string of the molecule is C=CC(=O)N[C@H](C)c1ccc(Cl)cc1Cl. The van der Waals surface area contributed by atoms with Gasteiger partial charge in [0.15, 0.2) is 0 Å². The highest BCUT2D eigenvalue weighted by Crippen LogP contribution is 2.25. The predicted octanol–water partition coefficient (Wildman–Crippen LogP) is 3.36. The van der Waals surface area contributed by atoms with Gasteiger partial charge in [-0.05, 0) is 30.7 Å². The average molecular weight is 244 g/mol. The Bertz CT molecular complexity index is 390. The van der Waals surface area contributed by atoms with Crippen LogP contribution in [0.4, 0.5) is 0 Å². The quantitative estimate of drug-likeness (QED) is 0.811. The van der Waals surface area contributed by atoms with Crippen LogP contribution in [0, 0.1) is 0 Å². The van der Waals surface area contributed by atoms with Crippen LogP contribution in [0.3, 0.4) is 0 Å². The number of amides is 1. The van der Waals surface area contributed by atoms with E-state index in [1.54, 1.807) is 18.2 Å². The van der Waals surface area contributed by atoms with E-state index in [4.69, 9.17) is 23.2 Å². The van der Waals surface area contributed by atoms with Crippen molar-refractivity contribution in [2.75, 3.05) is 0 Å². The van der Waals surface area contributed by atoms with Crippen LogP contribution in [-0.4, -0.2) is 5.91 Å². The molecule has 0 aromatic heterocycles. The summed E-state index contributed by atoms with van der Waals surface area (Å²) in [6.07, 6.45) is 1.22. The number of hydrogen-bond donors (Lipinski definition) is 1. The summed E-state index contributed by atoms with van der Waals surface area (Å²) in [5.74, 6) is -0.228. The van der Waals surface area contributed by atoms with Gasteiger partial charge >= 0.3 is 0 Å². The Kier molecular flexibility index (Phi) is 4.18. The molecular weight excluding hydrogens is 233 g/mol. The Hall–Kier alpha value is -0.990. The van der Waals surface area contributed by atoms with Crippen molar-refractivity contribution in [1.82, 2.24) is 5.32 Å². The van der Waals surface area contributed by atoms with E-state index in [0.29, 0.717) is 10.0 Å². The summed E-state index contributed by atoms with van der Waals surface area (Å²) >= 11 is 11.8. The molecule has 0 fully saturated rings. The molecule has 0 spiro atoms. The number of hydrogen-bond acceptors (Lipinski definition) is 1. The maximum Gasteiger partial charge on any atom is 0.243 e. The van der Waals surface area contributed by atoms with Crippen molar-refractivity contribution in [1.29, 1.82) is 0 Å². The van der Waals surface area contributed by atoms with Crippen LogP contribution in [-0.2, 0) is 4.79 Å². The van der Waals surface area contributed by atoms with E-state index in [2.05, 4.69) is 11.9 Å². The maximum atomic E-state index is 11.1. The fourth-order valence-corrected chi connectivity index (χ4v) is 1.77. The first-order chi connectivity index (χ1) is 7.04. The van der Waals surface area contributed by atoms with Crippen molar-refractivity contribution in [3.63, 3.8) is 0 Å². The highest BCUT2D eigenvalue weighted by Gasteiger charge is 2.10. The molecule has 15 heavy (non-hydrogen) atoms. The molecule has 0 aliphatic carbocycles. The number of rotatable bonds is 3. The molecule has 0 unspecified atom stereocenters. The van der Waals surface area contributed by atoms with Crippen LogP contribution in [0.25, 0.3) is 0 Å². The van der Waals surface area contributed by atoms with Gasteiger partial charge in [0, 0.05) is 10.0 Å². The van der Waals surface area contributed by atoms with Crippen molar-refractivity contribution in [2.24, 2.45) is 0 Å². The molecule has 0 bridgehead atoms. The molecule has 1 rings (SSSR count). The molecule has 2 nitrogen and oxygen atoms in total. The summed E-state index contributed by atoms with van der Waals surface area (Å²) in [7, 11) is 0. The number of nitrogens with one attached hydrogen (secondary N) is 1. The topological polar surface area (TPSA) is 29.1 Å². The van der Waals surface area contributed by atoms with E-state index in [1.807, 2.05) is 6.92 Å². The number of halogens is 2. The lowest BCUT2D eigenvalue weighted by atomic mass is 10.1. The normalized spacial score (nSPS) is 11.9. The molecule has 1 aromatic carbocycles. The lowest BCUT2D eigenvalue weighted by Gasteiger charge is -2.14. The van der Waals surface area contributed by atoms with Crippen LogP contribution in [0.15, 0.2) is 30.9 Å². The largest absolute Gasteiger partial charge is 0.346 e. The van der Waals surface area contributed by atoms with E-state index in [1.165, 1.54) is 6.08 Å². The van der Waals surface area contributed by atoms with Crippen molar-refractivity contribution in [2.45, 2.75) is 13.0 Å². The summed E-state index contributed by atoms with van der Waals surface area (Å²) < 4.78 is 0. The van der Waals surface area contributed by atoms with Crippen molar-refractivity contribution >= 4 is 29.1 Å². The van der Waals surface area contributed by atoms with Gasteiger partial charge in [0.1, 0.15) is 0 Å². The van der Waals surface area contributed by atoms with Gasteiger partial charge in [-0.3, -0.25) is 4.79 Å². The zero-order valence-corrected chi connectivity index (χ0v) is 9.77. The van der Waals surface area contributed by atoms with Crippen LogP contribution in [0.5, 0.6) is 0 Å². The van der Waals surface area contributed by atoms with E-state index >= 15 is 0 Å². The van der Waals surface area contributed by atoms with Gasteiger partial charge in [0.25, 0.3) is 0 Å². The first-order valence-electron chi connectivity index (χ1n) is 4.42. The predicted molar refractivity (Wildman–Crippen MR) is 63.2 cm³/mol. The average Bonchev–Trinajstić information content (AvgIpc) is 2.17. The van der Waals surface area contributed by atoms with Crippen molar-refractivity contribution in [3.05, 3.63) is 46.5 Å². The molecular formula is C11H11Cl2NO. The number of carbonyl (C=O) groups excluding carboxylic acids is 1. The Morgan fingerprint density at radius 3 is 2.73 bits per heavy atom. The molecule has 0 saturated heterocycles. The summed E-state index contributed by atoms with van der Waals surface area (Å²) in [5.41, 5.74) is 0.830. The Balaban J connectivity index is 2.86. The standard InChI is InChI=1S/C11H11Cl2NO/c1-3-11(15)14-7(2)9-5-4-8(12)6-10(9)13/h3-7H,1H2,2H3,(H,14,15)/t7-/m1/s1. The van der Waals surface area contributed by atoms with Crippen molar-refractivity contribution < 1.29 is 4.79 Å². The van der Waals surface area contributed by atoms with Gasteiger partial charge in [0.2, 0.25) is 5.91 Å². The minimum atomic E-state index is -0.228. The maximum absolute atomic E-state index is 11.1. The van der Waals surface area contributed by atoms with E-state index in [-0.39, 0.29) is 11.9 Å². The van der Waals surface area contributed by atoms with Crippen molar-refractivity contribution in [3.8, 4) is 0 Å².